The minimum atomic E-state index is 0.516. The molecule has 0 spiro atoms. The molecule has 4 aromatic carbocycles. The Morgan fingerprint density at radius 2 is 1.18 bits per heavy atom. The number of aryl methyl sites for hydroxylation is 3. The molecular weight excluding hydrogens is 406 g/mol. The molecule has 160 valence electrons. The second-order valence-electron chi connectivity index (χ2n) is 8.57. The average Bonchev–Trinajstić information content (AvgIpc) is 3.42. The van der Waals surface area contributed by atoms with Crippen LogP contribution in [0.3, 0.4) is 0 Å². The molecule has 2 aromatic heterocycles. The Hall–Kier alpha value is -4.18. The van der Waals surface area contributed by atoms with Gasteiger partial charge in [-0.3, -0.25) is 0 Å². The van der Waals surface area contributed by atoms with Crippen molar-refractivity contribution in [1.29, 1.82) is 0 Å². The number of hydrogen-bond donors (Lipinski definition) is 0. The molecular formula is C29H23N3O. The molecule has 0 aliphatic carbocycles. The van der Waals surface area contributed by atoms with E-state index in [1.807, 2.05) is 18.2 Å². The summed E-state index contributed by atoms with van der Waals surface area (Å²) in [7, 11) is 0. The van der Waals surface area contributed by atoms with Gasteiger partial charge in [-0.05, 0) is 56.2 Å². The molecule has 6 aromatic rings. The Bertz CT molecular complexity index is 1580. The van der Waals surface area contributed by atoms with Crippen molar-refractivity contribution in [1.82, 2.24) is 14.8 Å². The van der Waals surface area contributed by atoms with Crippen molar-refractivity contribution >= 4 is 21.8 Å². The standard InChI is InChI=1S/C29H23N3O/c1-18-16-19(2)27(20(3)17-18)29-31-30-28(33-29)23-12-6-9-15-26(23)32-24-13-7-4-10-21(24)22-11-5-8-14-25(22)32/h4-17H,1-3H3. The Kier molecular flexibility index (Phi) is 4.40. The molecule has 0 saturated carbocycles. The molecule has 0 N–H and O–H groups in total. The van der Waals surface area contributed by atoms with Gasteiger partial charge in [-0.1, -0.05) is 66.2 Å². The van der Waals surface area contributed by atoms with Gasteiger partial charge in [0.25, 0.3) is 0 Å². The lowest BCUT2D eigenvalue weighted by atomic mass is 10.00. The monoisotopic (exact) mass is 429 g/mol. The van der Waals surface area contributed by atoms with Crippen molar-refractivity contribution in [3.63, 3.8) is 0 Å². The average molecular weight is 430 g/mol. The Labute approximate surface area is 192 Å². The number of fused-ring (bicyclic) bond motifs is 3. The molecule has 2 heterocycles. The van der Waals surface area contributed by atoms with E-state index in [0.717, 1.165) is 39.0 Å². The van der Waals surface area contributed by atoms with E-state index in [1.165, 1.54) is 16.3 Å². The number of benzene rings is 4. The fourth-order valence-corrected chi connectivity index (χ4v) is 4.98. The van der Waals surface area contributed by atoms with Gasteiger partial charge in [0, 0.05) is 16.3 Å². The smallest absolute Gasteiger partial charge is 0.250 e. The first kappa shape index (κ1) is 19.5. The minimum absolute atomic E-state index is 0.516. The molecule has 4 nitrogen and oxygen atoms in total. The van der Waals surface area contributed by atoms with Crippen LogP contribution in [0.1, 0.15) is 16.7 Å². The van der Waals surface area contributed by atoms with Crippen LogP contribution >= 0.6 is 0 Å². The zero-order chi connectivity index (χ0) is 22.5. The van der Waals surface area contributed by atoms with Gasteiger partial charge in [-0.2, -0.15) is 0 Å². The molecule has 33 heavy (non-hydrogen) atoms. The van der Waals surface area contributed by atoms with Crippen molar-refractivity contribution in [3.8, 4) is 28.6 Å². The second-order valence-corrected chi connectivity index (χ2v) is 8.57. The highest BCUT2D eigenvalue weighted by Crippen LogP contribution is 2.36. The zero-order valence-corrected chi connectivity index (χ0v) is 18.8. The summed E-state index contributed by atoms with van der Waals surface area (Å²) in [5, 5.41) is 11.3. The van der Waals surface area contributed by atoms with Crippen LogP contribution in [-0.4, -0.2) is 14.8 Å². The summed E-state index contributed by atoms with van der Waals surface area (Å²) in [6.07, 6.45) is 0. The lowest BCUT2D eigenvalue weighted by Crippen LogP contribution is -1.97. The van der Waals surface area contributed by atoms with Gasteiger partial charge < -0.3 is 8.98 Å². The van der Waals surface area contributed by atoms with Crippen LogP contribution in [0.25, 0.3) is 50.4 Å². The van der Waals surface area contributed by atoms with E-state index in [0.29, 0.717) is 11.8 Å². The number of nitrogens with zero attached hydrogens (tertiary/aromatic N) is 3. The molecule has 0 aliphatic rings. The van der Waals surface area contributed by atoms with E-state index < -0.39 is 0 Å². The van der Waals surface area contributed by atoms with Gasteiger partial charge in [-0.15, -0.1) is 10.2 Å². The predicted octanol–water partition coefficient (Wildman–Crippen LogP) is 7.43. The SMILES string of the molecule is Cc1cc(C)c(-c2nnc(-c3ccccc3-n3c4ccccc4c4ccccc43)o2)c(C)c1. The fourth-order valence-electron chi connectivity index (χ4n) is 4.98. The summed E-state index contributed by atoms with van der Waals surface area (Å²) < 4.78 is 8.57. The first-order valence-corrected chi connectivity index (χ1v) is 11.1. The van der Waals surface area contributed by atoms with E-state index in [-0.39, 0.29) is 0 Å². The third kappa shape index (κ3) is 3.06. The number of para-hydroxylation sites is 3. The van der Waals surface area contributed by atoms with Crippen LogP contribution in [0.4, 0.5) is 0 Å². The largest absolute Gasteiger partial charge is 0.416 e. The Balaban J connectivity index is 1.57. The summed E-state index contributed by atoms with van der Waals surface area (Å²) in [5.74, 6) is 1.07. The second kappa shape index (κ2) is 7.45. The topological polar surface area (TPSA) is 43.9 Å². The van der Waals surface area contributed by atoms with E-state index in [1.54, 1.807) is 0 Å². The Morgan fingerprint density at radius 1 is 0.636 bits per heavy atom. The molecule has 0 atom stereocenters. The molecule has 0 radical (unpaired) electrons. The van der Waals surface area contributed by atoms with Crippen LogP contribution in [-0.2, 0) is 0 Å². The number of hydrogen-bond acceptors (Lipinski definition) is 3. The third-order valence-electron chi connectivity index (χ3n) is 6.27. The predicted molar refractivity (Wildman–Crippen MR) is 134 cm³/mol. The van der Waals surface area contributed by atoms with Gasteiger partial charge >= 0.3 is 0 Å². The molecule has 0 amide bonds. The summed E-state index contributed by atoms with van der Waals surface area (Å²) in [6, 6.07) is 29.5. The van der Waals surface area contributed by atoms with Crippen LogP contribution in [0, 0.1) is 20.8 Å². The summed E-state index contributed by atoms with van der Waals surface area (Å²) in [6.45, 7) is 6.28. The van der Waals surface area contributed by atoms with Gasteiger partial charge in [0.15, 0.2) is 0 Å². The van der Waals surface area contributed by atoms with Crippen molar-refractivity contribution in [3.05, 3.63) is 102 Å². The van der Waals surface area contributed by atoms with Crippen molar-refractivity contribution < 1.29 is 4.42 Å². The maximum Gasteiger partial charge on any atom is 0.250 e. The van der Waals surface area contributed by atoms with E-state index in [4.69, 9.17) is 4.42 Å². The first-order chi connectivity index (χ1) is 16.1. The quantitative estimate of drug-likeness (QED) is 0.294. The van der Waals surface area contributed by atoms with Crippen molar-refractivity contribution in [2.45, 2.75) is 20.8 Å². The van der Waals surface area contributed by atoms with Gasteiger partial charge in [0.05, 0.1) is 22.3 Å². The maximum absolute atomic E-state index is 6.28. The molecule has 4 heteroatoms. The van der Waals surface area contributed by atoms with E-state index in [9.17, 15) is 0 Å². The highest BCUT2D eigenvalue weighted by Gasteiger charge is 2.20. The van der Waals surface area contributed by atoms with Gasteiger partial charge in [0.1, 0.15) is 0 Å². The van der Waals surface area contributed by atoms with E-state index in [2.05, 4.69) is 102 Å². The highest BCUT2D eigenvalue weighted by atomic mass is 16.4. The maximum atomic E-state index is 6.28. The molecule has 0 saturated heterocycles. The Morgan fingerprint density at radius 3 is 1.85 bits per heavy atom. The van der Waals surface area contributed by atoms with Crippen LogP contribution < -0.4 is 0 Å². The third-order valence-corrected chi connectivity index (χ3v) is 6.27. The van der Waals surface area contributed by atoms with Gasteiger partial charge in [-0.25, -0.2) is 0 Å². The normalized spacial score (nSPS) is 11.5. The lowest BCUT2D eigenvalue weighted by molar-refractivity contribution is 0.583. The molecule has 0 unspecified atom stereocenters. The van der Waals surface area contributed by atoms with Crippen molar-refractivity contribution in [2.75, 3.05) is 0 Å². The van der Waals surface area contributed by atoms with Gasteiger partial charge in [0.2, 0.25) is 11.8 Å². The summed E-state index contributed by atoms with van der Waals surface area (Å²) in [4.78, 5) is 0. The fraction of sp³-hybridized carbons (Fsp3) is 0.103. The van der Waals surface area contributed by atoms with Crippen LogP contribution in [0.2, 0.25) is 0 Å². The summed E-state index contributed by atoms with van der Waals surface area (Å²) in [5.41, 5.74) is 8.73. The van der Waals surface area contributed by atoms with E-state index >= 15 is 0 Å². The first-order valence-electron chi connectivity index (χ1n) is 11.1. The lowest BCUT2D eigenvalue weighted by Gasteiger charge is -2.11. The molecule has 0 fully saturated rings. The molecule has 6 rings (SSSR count). The van der Waals surface area contributed by atoms with Crippen LogP contribution in [0.15, 0.2) is 89.3 Å². The number of rotatable bonds is 3. The minimum Gasteiger partial charge on any atom is -0.416 e. The summed E-state index contributed by atoms with van der Waals surface area (Å²) >= 11 is 0. The molecule has 0 bridgehead atoms. The van der Waals surface area contributed by atoms with Crippen molar-refractivity contribution in [2.24, 2.45) is 0 Å². The number of aromatic nitrogens is 3. The molecule has 0 aliphatic heterocycles. The zero-order valence-electron chi connectivity index (χ0n) is 18.8. The van der Waals surface area contributed by atoms with Crippen LogP contribution in [0.5, 0.6) is 0 Å². The highest BCUT2D eigenvalue weighted by molar-refractivity contribution is 6.09.